The molecular formula is CH2BrO5P. The van der Waals surface area contributed by atoms with Gasteiger partial charge in [-0.3, -0.25) is 0 Å². The summed E-state index contributed by atoms with van der Waals surface area (Å²) in [5, 5.41) is 0. The second-order valence-corrected chi connectivity index (χ2v) is 4.81. The Balaban J connectivity index is 2.16. The average molecular weight is 205 g/mol. The molecule has 1 fully saturated rings. The van der Waals surface area contributed by atoms with Crippen LogP contribution in [0.25, 0.3) is 0 Å². The van der Waals surface area contributed by atoms with Gasteiger partial charge in [0.25, 0.3) is 14.1 Å². The van der Waals surface area contributed by atoms with Gasteiger partial charge in [-0.2, -0.15) is 0 Å². The maximum absolute atomic E-state index is 9.70. The molecule has 0 N–H and O–H groups in total. The Bertz CT molecular complexity index is 84.9. The summed E-state index contributed by atoms with van der Waals surface area (Å²) in [7, 11) is -1.31. The molecular weight excluding hydrogens is 203 g/mol. The molecule has 0 amide bonds. The van der Waals surface area contributed by atoms with Crippen molar-refractivity contribution in [2.45, 2.75) is 0 Å². The Morgan fingerprint density at radius 1 is 1.50 bits per heavy atom. The summed E-state index contributed by atoms with van der Waals surface area (Å²) in [5.74, 6) is 0. The van der Waals surface area contributed by atoms with E-state index in [0.717, 1.165) is 0 Å². The van der Waals surface area contributed by atoms with Gasteiger partial charge >= 0.3 is 8.38 Å². The summed E-state index contributed by atoms with van der Waals surface area (Å²) in [5.41, 5.74) is 0. The lowest BCUT2D eigenvalue weighted by atomic mass is 11.7. The minimum atomic E-state index is -5.02. The Morgan fingerprint density at radius 2 is 2.00 bits per heavy atom. The number of hydrogen-bond acceptors (Lipinski definition) is 5. The predicted molar refractivity (Wildman–Crippen MR) is 14.0 cm³/mol. The Labute approximate surface area is 50.3 Å². The van der Waals surface area contributed by atoms with Crippen LogP contribution >= 0.6 is 8.38 Å². The van der Waals surface area contributed by atoms with Crippen LogP contribution in [-0.4, -0.2) is 6.35 Å². The molecule has 0 saturated carbocycles. The third-order valence-corrected chi connectivity index (χ3v) is 3.22. The molecule has 1 atom stereocenters. The van der Waals surface area contributed by atoms with Crippen LogP contribution in [0.15, 0.2) is 0 Å². The van der Waals surface area contributed by atoms with Gasteiger partial charge in [-0.25, -0.2) is 12.6 Å². The molecule has 0 bridgehead atoms. The first-order valence-corrected chi connectivity index (χ1v) is 5.54. The summed E-state index contributed by atoms with van der Waals surface area (Å²) < 4.78 is 37.3. The number of rotatable bonds is 2. The summed E-state index contributed by atoms with van der Waals surface area (Å²) in [6.45, 7) is 0. The van der Waals surface area contributed by atoms with E-state index < -0.39 is 22.5 Å². The van der Waals surface area contributed by atoms with Gasteiger partial charge in [0.05, 0.1) is 3.62 Å². The van der Waals surface area contributed by atoms with Gasteiger partial charge in [-0.05, 0) is 0 Å². The fourth-order valence-corrected chi connectivity index (χ4v) is 2.30. The highest BCUT2D eigenvalue weighted by molar-refractivity contribution is 7.52. The van der Waals surface area contributed by atoms with Crippen LogP contribution in [0, 0.1) is 14.1 Å². The highest BCUT2D eigenvalue weighted by Crippen LogP contribution is 2.55. The molecule has 1 rings (SSSR count). The van der Waals surface area contributed by atoms with Crippen LogP contribution in [0.4, 0.5) is 0 Å². The summed E-state index contributed by atoms with van der Waals surface area (Å²) >= 11 is -5.02. The van der Waals surface area contributed by atoms with E-state index in [9.17, 15) is 12.6 Å². The summed E-state index contributed by atoms with van der Waals surface area (Å²) in [6, 6.07) is 0. The second kappa shape index (κ2) is 2.15. The van der Waals surface area contributed by atoms with Crippen molar-refractivity contribution in [3.05, 3.63) is 0 Å². The molecule has 1 saturated heterocycles. The van der Waals surface area contributed by atoms with E-state index in [4.69, 9.17) is 0 Å². The zero-order valence-electron chi connectivity index (χ0n) is 3.57. The van der Waals surface area contributed by atoms with Crippen molar-refractivity contribution in [1.82, 2.24) is 0 Å². The number of halogens is 1. The molecule has 1 unspecified atom stereocenters. The molecule has 5 nitrogen and oxygen atoms in total. The van der Waals surface area contributed by atoms with Crippen LogP contribution in [0.2, 0.25) is 0 Å². The third kappa shape index (κ3) is 2.88. The molecule has 1 heterocycles. The minimum Gasteiger partial charge on any atom is -0.312 e. The van der Waals surface area contributed by atoms with Crippen molar-refractivity contribution < 1.29 is 34.8 Å². The normalized spacial score (nSPS) is 28.1. The van der Waals surface area contributed by atoms with Crippen molar-refractivity contribution in [2.75, 3.05) is 6.35 Å². The smallest absolute Gasteiger partial charge is 0.312 e. The molecule has 0 spiro atoms. The van der Waals surface area contributed by atoms with E-state index in [1.54, 1.807) is 0 Å². The Hall–Kier alpha value is 0.710. The van der Waals surface area contributed by atoms with Gasteiger partial charge in [0, 0.05) is 0 Å². The molecule has 7 heteroatoms. The molecule has 0 radical (unpaired) electrons. The molecule has 0 aromatic carbocycles. The largest absolute Gasteiger partial charge is 0.361 e. The van der Waals surface area contributed by atoms with Crippen LogP contribution < -0.4 is 12.6 Å². The standard InChI is InChI=1S/CH2BrO5P/c3-2(4,5)7-8-1-6-8/h1H2. The highest BCUT2D eigenvalue weighted by Gasteiger charge is 2.43. The molecule has 0 aromatic rings. The molecule has 0 aliphatic carbocycles. The van der Waals surface area contributed by atoms with E-state index in [1.165, 1.54) is 0 Å². The SMILES string of the molecule is [O-][Br+3]([O-])([O-])OP1CO1. The lowest BCUT2D eigenvalue weighted by molar-refractivity contribution is -1.91. The van der Waals surface area contributed by atoms with Gasteiger partial charge in [0.15, 0.2) is 0 Å². The lowest BCUT2D eigenvalue weighted by Crippen LogP contribution is -2.59. The van der Waals surface area contributed by atoms with Crippen LogP contribution in [-0.2, 0) is 8.14 Å². The van der Waals surface area contributed by atoms with Crippen LogP contribution in [0.3, 0.4) is 0 Å². The van der Waals surface area contributed by atoms with Crippen molar-refractivity contribution in [2.24, 2.45) is 0 Å². The lowest BCUT2D eigenvalue weighted by Gasteiger charge is -2.03. The molecule has 0 aromatic heterocycles. The molecule has 1 aliphatic heterocycles. The molecule has 1 aliphatic rings. The van der Waals surface area contributed by atoms with Gasteiger partial charge in [0.1, 0.15) is 6.35 Å². The zero-order valence-corrected chi connectivity index (χ0v) is 6.05. The van der Waals surface area contributed by atoms with E-state index in [0.29, 0.717) is 0 Å². The average Bonchev–Trinajstić information content (AvgIpc) is 2.12. The first-order chi connectivity index (χ1) is 3.58. The molecule has 8 heavy (non-hydrogen) atoms. The fraction of sp³-hybridized carbons (Fsp3) is 1.00. The number of hydrogen-bond donors (Lipinski definition) is 0. The quantitative estimate of drug-likeness (QED) is 0.358. The van der Waals surface area contributed by atoms with E-state index in [2.05, 4.69) is 8.14 Å². The maximum atomic E-state index is 9.70. The fourth-order valence-electron chi connectivity index (χ4n) is 0.158. The van der Waals surface area contributed by atoms with Crippen molar-refractivity contribution in [3.63, 3.8) is 0 Å². The van der Waals surface area contributed by atoms with E-state index in [-0.39, 0.29) is 6.35 Å². The Kier molecular flexibility index (Phi) is 1.83. The Morgan fingerprint density at radius 3 is 2.12 bits per heavy atom. The van der Waals surface area contributed by atoms with Gasteiger partial charge in [0.2, 0.25) is 0 Å². The zero-order chi connectivity index (χ0) is 6.20. The van der Waals surface area contributed by atoms with Gasteiger partial charge in [-0.15, -0.1) is 0 Å². The van der Waals surface area contributed by atoms with Crippen molar-refractivity contribution in [1.29, 1.82) is 0 Å². The van der Waals surface area contributed by atoms with Gasteiger partial charge in [-0.1, -0.05) is 0 Å². The third-order valence-electron chi connectivity index (χ3n) is 0.396. The summed E-state index contributed by atoms with van der Waals surface area (Å²) in [6.07, 6.45) is 0.275. The second-order valence-electron chi connectivity index (χ2n) is 1.04. The van der Waals surface area contributed by atoms with E-state index in [1.807, 2.05) is 0 Å². The highest BCUT2D eigenvalue weighted by atomic mass is 80.0. The van der Waals surface area contributed by atoms with Crippen LogP contribution in [0.5, 0.6) is 0 Å². The minimum absolute atomic E-state index is 0.275. The van der Waals surface area contributed by atoms with Crippen LogP contribution in [0.1, 0.15) is 0 Å². The first-order valence-electron chi connectivity index (χ1n) is 1.59. The topological polar surface area (TPSA) is 90.9 Å². The predicted octanol–water partition coefficient (Wildman–Crippen LogP) is -2.80. The maximum Gasteiger partial charge on any atom is 0.361 e. The van der Waals surface area contributed by atoms with Gasteiger partial charge < -0.3 is 4.52 Å². The summed E-state index contributed by atoms with van der Waals surface area (Å²) in [4.78, 5) is 0. The van der Waals surface area contributed by atoms with Crippen molar-refractivity contribution >= 4 is 8.38 Å². The monoisotopic (exact) mass is 204 g/mol. The molecule has 48 valence electrons. The van der Waals surface area contributed by atoms with Crippen molar-refractivity contribution in [3.8, 4) is 0 Å². The van der Waals surface area contributed by atoms with E-state index >= 15 is 0 Å². The first kappa shape index (κ1) is 6.82.